The third kappa shape index (κ3) is 9.89. The number of nitriles is 1. The van der Waals surface area contributed by atoms with E-state index < -0.39 is 10.8 Å². The van der Waals surface area contributed by atoms with E-state index in [0.717, 1.165) is 38.1 Å². The third-order valence-corrected chi connectivity index (χ3v) is 3.11. The van der Waals surface area contributed by atoms with Gasteiger partial charge in [0.15, 0.2) is 0 Å². The molecule has 4 heteroatoms. The summed E-state index contributed by atoms with van der Waals surface area (Å²) in [6, 6.07) is 2.29. The lowest BCUT2D eigenvalue weighted by atomic mass is 9.90. The molecule has 0 bridgehead atoms. The van der Waals surface area contributed by atoms with Crippen LogP contribution < -0.4 is 5.32 Å². The molecule has 0 aliphatic carbocycles. The van der Waals surface area contributed by atoms with E-state index in [2.05, 4.69) is 11.4 Å². The van der Waals surface area contributed by atoms with Crippen LogP contribution in [-0.4, -0.2) is 29.3 Å². The van der Waals surface area contributed by atoms with Gasteiger partial charge in [-0.2, -0.15) is 5.26 Å². The van der Waals surface area contributed by atoms with Crippen LogP contribution in [0.4, 0.5) is 0 Å². The Kier molecular flexibility index (Phi) is 7.63. The van der Waals surface area contributed by atoms with Crippen LogP contribution in [0.3, 0.4) is 0 Å². The third-order valence-electron chi connectivity index (χ3n) is 2.24. The normalized spacial score (nSPS) is 13.5. The highest BCUT2D eigenvalue weighted by molar-refractivity contribution is 7.84. The second kappa shape index (κ2) is 7.84. The molecule has 88 valence electrons. The fourth-order valence-electron chi connectivity index (χ4n) is 1.24. The van der Waals surface area contributed by atoms with Crippen molar-refractivity contribution in [3.8, 4) is 6.07 Å². The standard InChI is InChI=1S/C11H22N2OS/c1-11(2,10-12)6-4-7-13-8-5-9-15(3)14/h13H,4-9H2,1-3H3. The summed E-state index contributed by atoms with van der Waals surface area (Å²) in [4.78, 5) is 0. The van der Waals surface area contributed by atoms with Crippen molar-refractivity contribution in [1.29, 1.82) is 5.26 Å². The molecule has 1 N–H and O–H groups in total. The summed E-state index contributed by atoms with van der Waals surface area (Å²) in [6.45, 7) is 5.80. The van der Waals surface area contributed by atoms with E-state index >= 15 is 0 Å². The average molecular weight is 230 g/mol. The second-order valence-electron chi connectivity index (χ2n) is 4.48. The minimum Gasteiger partial charge on any atom is -0.317 e. The average Bonchev–Trinajstić information content (AvgIpc) is 2.16. The topological polar surface area (TPSA) is 52.9 Å². The van der Waals surface area contributed by atoms with E-state index in [0.29, 0.717) is 0 Å². The van der Waals surface area contributed by atoms with E-state index in [1.54, 1.807) is 6.26 Å². The van der Waals surface area contributed by atoms with Crippen molar-refractivity contribution in [2.75, 3.05) is 25.1 Å². The Balaban J connectivity index is 3.26. The first-order chi connectivity index (χ1) is 6.98. The summed E-state index contributed by atoms with van der Waals surface area (Å²) >= 11 is 0. The van der Waals surface area contributed by atoms with Gasteiger partial charge in [0.05, 0.1) is 11.5 Å². The lowest BCUT2D eigenvalue weighted by Gasteiger charge is -2.14. The van der Waals surface area contributed by atoms with Crippen molar-refractivity contribution in [2.45, 2.75) is 33.1 Å². The van der Waals surface area contributed by atoms with Gasteiger partial charge in [0.25, 0.3) is 0 Å². The molecular weight excluding hydrogens is 208 g/mol. The molecule has 0 aromatic carbocycles. The molecule has 0 radical (unpaired) electrons. The van der Waals surface area contributed by atoms with Crippen LogP contribution in [0.1, 0.15) is 33.1 Å². The summed E-state index contributed by atoms with van der Waals surface area (Å²) in [7, 11) is -0.671. The van der Waals surface area contributed by atoms with Crippen LogP contribution in [0, 0.1) is 16.7 Å². The first kappa shape index (κ1) is 14.6. The van der Waals surface area contributed by atoms with Crippen LogP contribution >= 0.6 is 0 Å². The molecule has 0 heterocycles. The van der Waals surface area contributed by atoms with Crippen LogP contribution in [0.2, 0.25) is 0 Å². The van der Waals surface area contributed by atoms with Crippen LogP contribution in [0.5, 0.6) is 0 Å². The molecule has 0 saturated carbocycles. The monoisotopic (exact) mass is 230 g/mol. The second-order valence-corrected chi connectivity index (χ2v) is 6.03. The molecule has 0 aromatic heterocycles. The SMILES string of the molecule is CS(=O)CCCNCCCC(C)(C)C#N. The summed E-state index contributed by atoms with van der Waals surface area (Å²) in [5.41, 5.74) is -0.202. The number of nitrogens with one attached hydrogen (secondary N) is 1. The van der Waals surface area contributed by atoms with E-state index in [1.807, 2.05) is 13.8 Å². The first-order valence-corrected chi connectivity index (χ1v) is 7.13. The summed E-state index contributed by atoms with van der Waals surface area (Å²) < 4.78 is 10.8. The predicted molar refractivity (Wildman–Crippen MR) is 65.0 cm³/mol. The largest absolute Gasteiger partial charge is 0.317 e. The molecular formula is C11H22N2OS. The van der Waals surface area contributed by atoms with E-state index in [9.17, 15) is 4.21 Å². The van der Waals surface area contributed by atoms with Gasteiger partial charge in [-0.15, -0.1) is 0 Å². The first-order valence-electron chi connectivity index (χ1n) is 5.40. The van der Waals surface area contributed by atoms with Crippen molar-refractivity contribution in [3.63, 3.8) is 0 Å². The van der Waals surface area contributed by atoms with Gasteiger partial charge in [-0.05, 0) is 46.2 Å². The molecule has 0 rings (SSSR count). The number of nitrogens with zero attached hydrogens (tertiary/aromatic N) is 1. The molecule has 15 heavy (non-hydrogen) atoms. The Hall–Kier alpha value is -0.400. The molecule has 1 unspecified atom stereocenters. The lowest BCUT2D eigenvalue weighted by molar-refractivity contribution is 0.426. The zero-order valence-corrected chi connectivity index (χ0v) is 10.8. The zero-order valence-electron chi connectivity index (χ0n) is 10.0. The molecule has 0 amide bonds. The van der Waals surface area contributed by atoms with Crippen molar-refractivity contribution in [1.82, 2.24) is 5.32 Å². The van der Waals surface area contributed by atoms with Gasteiger partial charge in [-0.3, -0.25) is 4.21 Å². The van der Waals surface area contributed by atoms with Crippen molar-refractivity contribution < 1.29 is 4.21 Å². The number of hydrogen-bond donors (Lipinski definition) is 1. The fraction of sp³-hybridized carbons (Fsp3) is 0.909. The summed E-state index contributed by atoms with van der Waals surface area (Å²) in [5, 5.41) is 12.1. The van der Waals surface area contributed by atoms with Crippen molar-refractivity contribution in [3.05, 3.63) is 0 Å². The van der Waals surface area contributed by atoms with Crippen LogP contribution in [0.15, 0.2) is 0 Å². The molecule has 0 aliphatic rings. The van der Waals surface area contributed by atoms with Gasteiger partial charge in [0.2, 0.25) is 0 Å². The van der Waals surface area contributed by atoms with Crippen LogP contribution in [0.25, 0.3) is 0 Å². The molecule has 0 spiro atoms. The van der Waals surface area contributed by atoms with Crippen molar-refractivity contribution in [2.24, 2.45) is 5.41 Å². The van der Waals surface area contributed by atoms with E-state index in [-0.39, 0.29) is 5.41 Å². The lowest BCUT2D eigenvalue weighted by Crippen LogP contribution is -2.20. The Bertz CT molecular complexity index is 233. The summed E-state index contributed by atoms with van der Waals surface area (Å²) in [5.74, 6) is 0.774. The Morgan fingerprint density at radius 1 is 1.33 bits per heavy atom. The van der Waals surface area contributed by atoms with E-state index in [1.165, 1.54) is 0 Å². The highest BCUT2D eigenvalue weighted by Crippen LogP contribution is 2.19. The van der Waals surface area contributed by atoms with Gasteiger partial charge in [-0.25, -0.2) is 0 Å². The number of rotatable bonds is 8. The predicted octanol–water partition coefficient (Wildman–Crippen LogP) is 1.67. The van der Waals surface area contributed by atoms with Crippen LogP contribution in [-0.2, 0) is 10.8 Å². The molecule has 0 aromatic rings. The fourth-order valence-corrected chi connectivity index (χ4v) is 1.79. The number of hydrogen-bond acceptors (Lipinski definition) is 3. The molecule has 3 nitrogen and oxygen atoms in total. The Morgan fingerprint density at radius 3 is 2.47 bits per heavy atom. The maximum atomic E-state index is 10.8. The van der Waals surface area contributed by atoms with Crippen molar-refractivity contribution >= 4 is 10.8 Å². The molecule has 0 saturated heterocycles. The Morgan fingerprint density at radius 2 is 1.93 bits per heavy atom. The minimum atomic E-state index is -0.671. The minimum absolute atomic E-state index is 0.202. The maximum absolute atomic E-state index is 10.8. The molecule has 0 aliphatic heterocycles. The van der Waals surface area contributed by atoms with E-state index in [4.69, 9.17) is 5.26 Å². The Labute approximate surface area is 95.7 Å². The highest BCUT2D eigenvalue weighted by atomic mass is 32.2. The molecule has 1 atom stereocenters. The van der Waals surface area contributed by atoms with Gasteiger partial charge in [-0.1, -0.05) is 0 Å². The highest BCUT2D eigenvalue weighted by Gasteiger charge is 2.14. The maximum Gasteiger partial charge on any atom is 0.0683 e. The van der Waals surface area contributed by atoms with Gasteiger partial charge < -0.3 is 5.32 Å². The van der Waals surface area contributed by atoms with Gasteiger partial charge in [0.1, 0.15) is 0 Å². The van der Waals surface area contributed by atoms with Gasteiger partial charge >= 0.3 is 0 Å². The quantitative estimate of drug-likeness (QED) is 0.645. The molecule has 0 fully saturated rings. The smallest absolute Gasteiger partial charge is 0.0683 e. The zero-order chi connectivity index (χ0) is 11.7. The summed E-state index contributed by atoms with van der Waals surface area (Å²) in [6.07, 6.45) is 4.65. The van der Waals surface area contributed by atoms with Gasteiger partial charge in [0, 0.05) is 22.8 Å².